The summed E-state index contributed by atoms with van der Waals surface area (Å²) in [7, 11) is 0. The molecule has 1 amide bonds. The summed E-state index contributed by atoms with van der Waals surface area (Å²) in [6.45, 7) is 3.77. The molecule has 2 rings (SSSR count). The number of anilines is 2. The zero-order valence-corrected chi connectivity index (χ0v) is 15.6. The van der Waals surface area contributed by atoms with Crippen LogP contribution in [0, 0.1) is 5.41 Å². The van der Waals surface area contributed by atoms with E-state index in [4.69, 9.17) is 15.6 Å². The van der Waals surface area contributed by atoms with Gasteiger partial charge in [0.2, 0.25) is 5.91 Å². The van der Waals surface area contributed by atoms with Crippen molar-refractivity contribution in [2.45, 2.75) is 20.0 Å². The number of hydrogen-bond donors (Lipinski definition) is 4. The number of hydrogen-bond acceptors (Lipinski definition) is 5. The molecule has 0 aliphatic rings. The Hall–Kier alpha value is -2.83. The van der Waals surface area contributed by atoms with Crippen LogP contribution in [0.2, 0.25) is 0 Å². The Labute approximate surface area is 159 Å². The minimum Gasteiger partial charge on any atom is -0.491 e. The fourth-order valence-corrected chi connectivity index (χ4v) is 2.53. The van der Waals surface area contributed by atoms with Gasteiger partial charge in [-0.2, -0.15) is 0 Å². The highest BCUT2D eigenvalue weighted by Crippen LogP contribution is 2.35. The van der Waals surface area contributed by atoms with Crippen LogP contribution in [0.25, 0.3) is 0 Å². The number of carbonyl (C=O) groups is 1. The van der Waals surface area contributed by atoms with Crippen molar-refractivity contribution in [1.29, 1.82) is 0 Å². The summed E-state index contributed by atoms with van der Waals surface area (Å²) in [6.07, 6.45) is 2.20. The summed E-state index contributed by atoms with van der Waals surface area (Å²) in [5.41, 5.74) is 6.80. The highest BCUT2D eigenvalue weighted by atomic mass is 16.5. The number of amides is 1. The first-order valence-corrected chi connectivity index (χ1v) is 8.70. The standard InChI is InChI=1S/C21H26N2O4/c1-21(2,11-10-19(25)23-18-9-4-3-8-17(18)22)20(26)15-6-5-7-16(14-15)27-13-12-24/h3-11,14,20,24,26H,12-13,22H2,1-2H3,(H,23,25)/b11-10+/t20-/m0/s1. The zero-order valence-electron chi connectivity index (χ0n) is 15.6. The van der Waals surface area contributed by atoms with E-state index in [1.54, 1.807) is 54.6 Å². The van der Waals surface area contributed by atoms with Crippen LogP contribution in [0.1, 0.15) is 25.5 Å². The largest absolute Gasteiger partial charge is 0.491 e. The molecule has 0 aliphatic carbocycles. The molecule has 6 nitrogen and oxygen atoms in total. The van der Waals surface area contributed by atoms with E-state index < -0.39 is 11.5 Å². The van der Waals surface area contributed by atoms with Gasteiger partial charge in [-0.3, -0.25) is 4.79 Å². The van der Waals surface area contributed by atoms with Gasteiger partial charge >= 0.3 is 0 Å². The molecule has 2 aromatic carbocycles. The summed E-state index contributed by atoms with van der Waals surface area (Å²) in [6, 6.07) is 14.0. The average molecular weight is 370 g/mol. The smallest absolute Gasteiger partial charge is 0.248 e. The first-order valence-electron chi connectivity index (χ1n) is 8.70. The van der Waals surface area contributed by atoms with Crippen molar-refractivity contribution in [1.82, 2.24) is 0 Å². The van der Waals surface area contributed by atoms with Gasteiger partial charge in [-0.1, -0.05) is 44.2 Å². The van der Waals surface area contributed by atoms with Gasteiger partial charge < -0.3 is 26.0 Å². The van der Waals surface area contributed by atoms with Crippen molar-refractivity contribution in [2.75, 3.05) is 24.3 Å². The molecular formula is C21H26N2O4. The number of para-hydroxylation sites is 2. The molecule has 0 aromatic heterocycles. The minimum atomic E-state index is -0.846. The molecule has 27 heavy (non-hydrogen) atoms. The summed E-state index contributed by atoms with van der Waals surface area (Å²) in [5.74, 6) is 0.242. The molecule has 0 heterocycles. The first-order chi connectivity index (χ1) is 12.8. The van der Waals surface area contributed by atoms with E-state index in [1.807, 2.05) is 13.8 Å². The summed E-state index contributed by atoms with van der Waals surface area (Å²) in [5, 5.41) is 22.3. The molecule has 5 N–H and O–H groups in total. The SMILES string of the molecule is CC(C)(/C=C/C(=O)Nc1ccccc1N)[C@@H](O)c1cccc(OCCO)c1. The van der Waals surface area contributed by atoms with Gasteiger partial charge in [0.15, 0.2) is 0 Å². The van der Waals surface area contributed by atoms with E-state index in [9.17, 15) is 9.90 Å². The van der Waals surface area contributed by atoms with Gasteiger partial charge in [-0.25, -0.2) is 0 Å². The number of ether oxygens (including phenoxy) is 1. The highest BCUT2D eigenvalue weighted by molar-refractivity contribution is 6.01. The number of nitrogens with one attached hydrogen (secondary N) is 1. The molecule has 0 fully saturated rings. The van der Waals surface area contributed by atoms with Gasteiger partial charge in [0.1, 0.15) is 12.4 Å². The topological polar surface area (TPSA) is 105 Å². The average Bonchev–Trinajstić information content (AvgIpc) is 2.66. The Morgan fingerprint density at radius 1 is 1.26 bits per heavy atom. The quantitative estimate of drug-likeness (QED) is 0.422. The second kappa shape index (κ2) is 9.21. The van der Waals surface area contributed by atoms with Crippen LogP contribution >= 0.6 is 0 Å². The van der Waals surface area contributed by atoms with E-state index in [-0.39, 0.29) is 19.1 Å². The predicted octanol–water partition coefficient (Wildman–Crippen LogP) is 2.89. The summed E-state index contributed by atoms with van der Waals surface area (Å²) >= 11 is 0. The highest BCUT2D eigenvalue weighted by Gasteiger charge is 2.27. The lowest BCUT2D eigenvalue weighted by atomic mass is 9.82. The van der Waals surface area contributed by atoms with Crippen molar-refractivity contribution >= 4 is 17.3 Å². The van der Waals surface area contributed by atoms with Gasteiger partial charge in [0.25, 0.3) is 0 Å². The van der Waals surface area contributed by atoms with Crippen LogP contribution in [0.5, 0.6) is 5.75 Å². The minimum absolute atomic E-state index is 0.0813. The van der Waals surface area contributed by atoms with E-state index in [1.165, 1.54) is 6.08 Å². The lowest BCUT2D eigenvalue weighted by Crippen LogP contribution is -2.21. The van der Waals surface area contributed by atoms with Crippen LogP contribution in [0.4, 0.5) is 11.4 Å². The summed E-state index contributed by atoms with van der Waals surface area (Å²) < 4.78 is 5.38. The third-order valence-corrected chi connectivity index (χ3v) is 4.12. The fourth-order valence-electron chi connectivity index (χ4n) is 2.53. The van der Waals surface area contributed by atoms with Crippen molar-refractivity contribution in [3.63, 3.8) is 0 Å². The number of nitrogen functional groups attached to an aromatic ring is 1. The lowest BCUT2D eigenvalue weighted by Gasteiger charge is -2.28. The number of aliphatic hydroxyl groups is 2. The molecule has 0 aliphatic heterocycles. The molecule has 0 spiro atoms. The lowest BCUT2D eigenvalue weighted by molar-refractivity contribution is -0.112. The fraction of sp³-hybridized carbons (Fsp3) is 0.286. The van der Waals surface area contributed by atoms with Crippen LogP contribution < -0.4 is 15.8 Å². The second-order valence-electron chi connectivity index (χ2n) is 6.78. The Balaban J connectivity index is 2.07. The van der Waals surface area contributed by atoms with Gasteiger partial charge in [-0.05, 0) is 35.9 Å². The molecule has 0 radical (unpaired) electrons. The number of aliphatic hydroxyl groups excluding tert-OH is 2. The van der Waals surface area contributed by atoms with Crippen LogP contribution in [-0.2, 0) is 4.79 Å². The Morgan fingerprint density at radius 2 is 2.00 bits per heavy atom. The predicted molar refractivity (Wildman–Crippen MR) is 106 cm³/mol. The molecule has 0 saturated heterocycles. The summed E-state index contributed by atoms with van der Waals surface area (Å²) in [4.78, 5) is 12.2. The van der Waals surface area contributed by atoms with E-state index in [0.29, 0.717) is 22.7 Å². The normalized spacial score (nSPS) is 12.7. The van der Waals surface area contributed by atoms with Crippen molar-refractivity contribution in [3.05, 3.63) is 66.2 Å². The van der Waals surface area contributed by atoms with Crippen molar-refractivity contribution in [2.24, 2.45) is 5.41 Å². The Bertz CT molecular complexity index is 802. The molecular weight excluding hydrogens is 344 g/mol. The molecule has 6 heteroatoms. The van der Waals surface area contributed by atoms with Crippen LogP contribution in [0.15, 0.2) is 60.7 Å². The zero-order chi connectivity index (χ0) is 19.9. The van der Waals surface area contributed by atoms with E-state index in [2.05, 4.69) is 5.32 Å². The van der Waals surface area contributed by atoms with Crippen molar-refractivity contribution < 1.29 is 19.7 Å². The van der Waals surface area contributed by atoms with Crippen LogP contribution in [0.3, 0.4) is 0 Å². The van der Waals surface area contributed by atoms with Crippen LogP contribution in [-0.4, -0.2) is 29.3 Å². The Kier molecular flexibility index (Phi) is 6.98. The second-order valence-corrected chi connectivity index (χ2v) is 6.78. The first kappa shape index (κ1) is 20.5. The Morgan fingerprint density at radius 3 is 2.70 bits per heavy atom. The molecule has 144 valence electrons. The number of nitrogens with two attached hydrogens (primary N) is 1. The monoisotopic (exact) mass is 370 g/mol. The van der Waals surface area contributed by atoms with Gasteiger partial charge in [0.05, 0.1) is 24.1 Å². The maximum Gasteiger partial charge on any atom is 0.248 e. The number of carbonyl (C=O) groups excluding carboxylic acids is 1. The molecule has 0 bridgehead atoms. The number of benzene rings is 2. The van der Waals surface area contributed by atoms with Crippen molar-refractivity contribution in [3.8, 4) is 5.75 Å². The third-order valence-electron chi connectivity index (χ3n) is 4.12. The molecule has 0 unspecified atom stereocenters. The van der Waals surface area contributed by atoms with E-state index in [0.717, 1.165) is 0 Å². The van der Waals surface area contributed by atoms with Gasteiger partial charge in [0, 0.05) is 5.41 Å². The maximum absolute atomic E-state index is 12.2. The number of rotatable bonds is 8. The maximum atomic E-state index is 12.2. The van der Waals surface area contributed by atoms with E-state index >= 15 is 0 Å². The molecule has 0 saturated carbocycles. The third kappa shape index (κ3) is 5.84. The molecule has 2 aromatic rings. The van der Waals surface area contributed by atoms with Gasteiger partial charge in [-0.15, -0.1) is 0 Å². The molecule has 1 atom stereocenters.